The van der Waals surface area contributed by atoms with Gasteiger partial charge >= 0.3 is 0 Å². The first-order chi connectivity index (χ1) is 8.10. The molecule has 0 amide bonds. The van der Waals surface area contributed by atoms with Gasteiger partial charge in [0.1, 0.15) is 0 Å². The third kappa shape index (κ3) is 4.80. The summed E-state index contributed by atoms with van der Waals surface area (Å²) in [5.74, 6) is 2.46. The van der Waals surface area contributed by atoms with Crippen molar-refractivity contribution < 1.29 is 0 Å². The molecule has 1 unspecified atom stereocenters. The van der Waals surface area contributed by atoms with Crippen molar-refractivity contribution in [2.45, 2.75) is 57.5 Å². The molecule has 0 radical (unpaired) electrons. The fraction of sp³-hybridized carbons (Fsp3) is 1.00. The molecule has 1 aliphatic carbocycles. The summed E-state index contributed by atoms with van der Waals surface area (Å²) in [6, 6.07) is 0.638. The van der Waals surface area contributed by atoms with Crippen LogP contribution in [0.15, 0.2) is 0 Å². The Morgan fingerprint density at radius 1 is 1.24 bits per heavy atom. The summed E-state index contributed by atoms with van der Waals surface area (Å²) in [7, 11) is 4.50. The molecule has 0 heterocycles. The van der Waals surface area contributed by atoms with Crippen LogP contribution < -0.4 is 5.32 Å². The monoisotopic (exact) mass is 258 g/mol. The van der Waals surface area contributed by atoms with Gasteiger partial charge in [-0.05, 0) is 39.6 Å². The molecule has 102 valence electrons. The van der Waals surface area contributed by atoms with Crippen LogP contribution in [0.1, 0.15) is 46.0 Å². The molecule has 1 rings (SSSR count). The summed E-state index contributed by atoms with van der Waals surface area (Å²) < 4.78 is 0. The van der Waals surface area contributed by atoms with Gasteiger partial charge in [0, 0.05) is 23.9 Å². The number of thioether (sulfide) groups is 1. The number of hydrogen-bond acceptors (Lipinski definition) is 3. The summed E-state index contributed by atoms with van der Waals surface area (Å²) in [6.07, 6.45) is 6.95. The minimum absolute atomic E-state index is 0.420. The molecular formula is C14H30N2S. The highest BCUT2D eigenvalue weighted by atomic mass is 32.2. The minimum atomic E-state index is 0.420. The van der Waals surface area contributed by atoms with Crippen LogP contribution in [0.5, 0.6) is 0 Å². The van der Waals surface area contributed by atoms with E-state index in [-0.39, 0.29) is 0 Å². The van der Waals surface area contributed by atoms with Crippen LogP contribution in [-0.4, -0.2) is 48.6 Å². The normalized spacial score (nSPS) is 21.7. The average Bonchev–Trinajstić information content (AvgIpc) is 2.34. The minimum Gasteiger partial charge on any atom is -0.312 e. The highest BCUT2D eigenvalue weighted by molar-refractivity contribution is 7.99. The van der Waals surface area contributed by atoms with E-state index in [1.54, 1.807) is 0 Å². The number of likely N-dealkylation sites (N-methyl/N-ethyl adjacent to an activating group) is 1. The number of hydrogen-bond donors (Lipinski definition) is 1. The van der Waals surface area contributed by atoms with E-state index in [4.69, 9.17) is 0 Å². The van der Waals surface area contributed by atoms with Gasteiger partial charge in [-0.25, -0.2) is 0 Å². The Labute approximate surface area is 112 Å². The van der Waals surface area contributed by atoms with Gasteiger partial charge in [0.05, 0.1) is 0 Å². The van der Waals surface area contributed by atoms with Crippen LogP contribution in [0.25, 0.3) is 0 Å². The molecule has 0 saturated heterocycles. The lowest BCUT2D eigenvalue weighted by atomic mass is 9.80. The van der Waals surface area contributed by atoms with E-state index < -0.39 is 0 Å². The van der Waals surface area contributed by atoms with Gasteiger partial charge in [-0.3, -0.25) is 0 Å². The second kappa shape index (κ2) is 7.65. The van der Waals surface area contributed by atoms with Crippen molar-refractivity contribution in [1.29, 1.82) is 0 Å². The van der Waals surface area contributed by atoms with Crippen molar-refractivity contribution >= 4 is 11.8 Å². The maximum Gasteiger partial charge on any atom is 0.0327 e. The summed E-state index contributed by atoms with van der Waals surface area (Å²) in [6.45, 7) is 5.71. The van der Waals surface area contributed by atoms with Crippen molar-refractivity contribution in [3.05, 3.63) is 0 Å². The predicted octanol–water partition coefficient (Wildman–Crippen LogP) is 2.98. The summed E-state index contributed by atoms with van der Waals surface area (Å²) >= 11 is 2.03. The molecule has 0 aromatic carbocycles. The van der Waals surface area contributed by atoms with Crippen LogP contribution in [0, 0.1) is 0 Å². The molecule has 1 saturated carbocycles. The van der Waals surface area contributed by atoms with Crippen LogP contribution in [-0.2, 0) is 0 Å². The average molecular weight is 258 g/mol. The molecule has 0 spiro atoms. The molecule has 0 bridgehead atoms. The van der Waals surface area contributed by atoms with Gasteiger partial charge in [-0.2, -0.15) is 11.8 Å². The van der Waals surface area contributed by atoms with E-state index in [9.17, 15) is 0 Å². The molecule has 2 nitrogen and oxygen atoms in total. The fourth-order valence-electron chi connectivity index (χ4n) is 2.71. The number of nitrogens with one attached hydrogen (secondary N) is 1. The van der Waals surface area contributed by atoms with E-state index in [1.165, 1.54) is 43.6 Å². The van der Waals surface area contributed by atoms with Gasteiger partial charge in [0.25, 0.3) is 0 Å². The summed E-state index contributed by atoms with van der Waals surface area (Å²) in [4.78, 5) is 2.46. The molecule has 1 fully saturated rings. The van der Waals surface area contributed by atoms with Crippen LogP contribution >= 0.6 is 11.8 Å². The molecule has 1 N–H and O–H groups in total. The standard InChI is InChI=1S/C14H30N2S/c1-5-17-11-13(2)15-12-14(16(3)4)9-7-6-8-10-14/h13,15H,5-12H2,1-4H3. The Morgan fingerprint density at radius 2 is 1.88 bits per heavy atom. The molecule has 0 aliphatic heterocycles. The second-order valence-electron chi connectivity index (χ2n) is 5.62. The zero-order valence-electron chi connectivity index (χ0n) is 12.1. The zero-order chi connectivity index (χ0) is 12.7. The lowest BCUT2D eigenvalue weighted by molar-refractivity contribution is 0.0966. The topological polar surface area (TPSA) is 15.3 Å². The first kappa shape index (κ1) is 15.3. The maximum absolute atomic E-state index is 3.75. The van der Waals surface area contributed by atoms with Crippen LogP contribution in [0.4, 0.5) is 0 Å². The highest BCUT2D eigenvalue weighted by Crippen LogP contribution is 2.31. The molecule has 0 aromatic heterocycles. The molecule has 1 atom stereocenters. The summed E-state index contributed by atoms with van der Waals surface area (Å²) in [5.41, 5.74) is 0.420. The SMILES string of the molecule is CCSCC(C)NCC1(N(C)C)CCCCC1. The van der Waals surface area contributed by atoms with Crippen molar-refractivity contribution in [3.8, 4) is 0 Å². The van der Waals surface area contributed by atoms with Crippen molar-refractivity contribution in [3.63, 3.8) is 0 Å². The van der Waals surface area contributed by atoms with Crippen molar-refractivity contribution in [1.82, 2.24) is 10.2 Å². The Morgan fingerprint density at radius 3 is 2.41 bits per heavy atom. The smallest absolute Gasteiger partial charge is 0.0327 e. The van der Waals surface area contributed by atoms with E-state index in [0.29, 0.717) is 11.6 Å². The fourth-order valence-corrected chi connectivity index (χ4v) is 3.42. The van der Waals surface area contributed by atoms with Gasteiger partial charge in [-0.15, -0.1) is 0 Å². The van der Waals surface area contributed by atoms with Crippen molar-refractivity contribution in [2.75, 3.05) is 32.1 Å². The summed E-state index contributed by atoms with van der Waals surface area (Å²) in [5, 5.41) is 3.75. The van der Waals surface area contributed by atoms with E-state index in [1.807, 2.05) is 11.8 Å². The van der Waals surface area contributed by atoms with Gasteiger partial charge in [0.15, 0.2) is 0 Å². The first-order valence-electron chi connectivity index (χ1n) is 7.09. The molecule has 17 heavy (non-hydrogen) atoms. The Hall–Kier alpha value is 0.270. The van der Waals surface area contributed by atoms with E-state index >= 15 is 0 Å². The highest BCUT2D eigenvalue weighted by Gasteiger charge is 2.33. The van der Waals surface area contributed by atoms with Crippen LogP contribution in [0.3, 0.4) is 0 Å². The van der Waals surface area contributed by atoms with Gasteiger partial charge < -0.3 is 10.2 Å². The molecular weight excluding hydrogens is 228 g/mol. The Bertz CT molecular complexity index is 200. The van der Waals surface area contributed by atoms with Crippen LogP contribution in [0.2, 0.25) is 0 Å². The number of rotatable bonds is 7. The zero-order valence-corrected chi connectivity index (χ0v) is 12.9. The maximum atomic E-state index is 3.75. The third-order valence-corrected chi connectivity index (χ3v) is 5.23. The molecule has 0 aromatic rings. The number of nitrogens with zero attached hydrogens (tertiary/aromatic N) is 1. The van der Waals surface area contributed by atoms with E-state index in [0.717, 1.165) is 6.54 Å². The quantitative estimate of drug-likeness (QED) is 0.756. The van der Waals surface area contributed by atoms with E-state index in [2.05, 4.69) is 38.2 Å². The lowest BCUT2D eigenvalue weighted by Crippen LogP contribution is -2.54. The molecule has 1 aliphatic rings. The Kier molecular flexibility index (Phi) is 6.90. The third-order valence-electron chi connectivity index (χ3n) is 4.08. The predicted molar refractivity (Wildman–Crippen MR) is 80.0 cm³/mol. The second-order valence-corrected chi connectivity index (χ2v) is 6.94. The van der Waals surface area contributed by atoms with Gasteiger partial charge in [0.2, 0.25) is 0 Å². The van der Waals surface area contributed by atoms with Crippen molar-refractivity contribution in [2.24, 2.45) is 0 Å². The Balaban J connectivity index is 2.39. The lowest BCUT2D eigenvalue weighted by Gasteiger charge is -2.44. The first-order valence-corrected chi connectivity index (χ1v) is 8.25. The largest absolute Gasteiger partial charge is 0.312 e. The molecule has 3 heteroatoms. The van der Waals surface area contributed by atoms with Gasteiger partial charge in [-0.1, -0.05) is 26.2 Å².